The molecule has 1 aromatic carbocycles. The highest BCUT2D eigenvalue weighted by Crippen LogP contribution is 2.66. The topological polar surface area (TPSA) is 46.5 Å². The van der Waals surface area contributed by atoms with Gasteiger partial charge in [0, 0.05) is 11.5 Å². The molecule has 2 rings (SSSR count). The minimum Gasteiger partial charge on any atom is -0.496 e. The number of carboxylic acid groups (broad SMARTS) is 1. The van der Waals surface area contributed by atoms with Gasteiger partial charge in [0.1, 0.15) is 11.6 Å². The Balaban J connectivity index is 2.46. The number of carbonyl (C=O) groups is 1. The second kappa shape index (κ2) is 3.72. The van der Waals surface area contributed by atoms with E-state index in [0.29, 0.717) is 11.3 Å². The lowest BCUT2D eigenvalue weighted by molar-refractivity contribution is -0.139. The summed E-state index contributed by atoms with van der Waals surface area (Å²) < 4.78 is 19.0. The van der Waals surface area contributed by atoms with E-state index in [-0.39, 0.29) is 5.92 Å². The molecular weight excluding hydrogens is 223 g/mol. The molecule has 1 aliphatic carbocycles. The zero-order valence-electron chi connectivity index (χ0n) is 10.0. The molecule has 1 aromatic rings. The summed E-state index contributed by atoms with van der Waals surface area (Å²) in [6, 6.07) is 4.56. The molecule has 0 radical (unpaired) electrons. The summed E-state index contributed by atoms with van der Waals surface area (Å²) >= 11 is 0. The van der Waals surface area contributed by atoms with Gasteiger partial charge in [-0.1, -0.05) is 19.9 Å². The lowest BCUT2D eigenvalue weighted by Crippen LogP contribution is -2.03. The van der Waals surface area contributed by atoms with E-state index in [4.69, 9.17) is 9.84 Å². The Hall–Kier alpha value is -1.58. The molecule has 92 valence electrons. The average molecular weight is 238 g/mol. The zero-order chi connectivity index (χ0) is 12.8. The largest absolute Gasteiger partial charge is 0.496 e. The van der Waals surface area contributed by atoms with Crippen LogP contribution in [-0.4, -0.2) is 18.2 Å². The van der Waals surface area contributed by atoms with Gasteiger partial charge in [0.05, 0.1) is 13.0 Å². The van der Waals surface area contributed by atoms with Crippen LogP contribution >= 0.6 is 0 Å². The Labute approximate surface area is 99.2 Å². The number of rotatable bonds is 3. The van der Waals surface area contributed by atoms with E-state index in [9.17, 15) is 9.18 Å². The first-order valence-electron chi connectivity index (χ1n) is 5.46. The van der Waals surface area contributed by atoms with Gasteiger partial charge in [0.15, 0.2) is 0 Å². The van der Waals surface area contributed by atoms with Gasteiger partial charge >= 0.3 is 5.97 Å². The van der Waals surface area contributed by atoms with Crippen molar-refractivity contribution in [3.8, 4) is 5.75 Å². The fraction of sp³-hybridized carbons (Fsp3) is 0.462. The quantitative estimate of drug-likeness (QED) is 0.880. The first kappa shape index (κ1) is 11.9. The van der Waals surface area contributed by atoms with E-state index in [1.54, 1.807) is 12.1 Å². The Bertz CT molecular complexity index is 468. The van der Waals surface area contributed by atoms with Crippen LogP contribution in [0.15, 0.2) is 18.2 Å². The molecule has 3 nitrogen and oxygen atoms in total. The minimum atomic E-state index is -0.884. The van der Waals surface area contributed by atoms with Crippen LogP contribution in [0.3, 0.4) is 0 Å². The van der Waals surface area contributed by atoms with Crippen LogP contribution in [0, 0.1) is 17.2 Å². The molecule has 0 heterocycles. The molecule has 0 aromatic heterocycles. The molecule has 0 bridgehead atoms. The Morgan fingerprint density at radius 2 is 2.12 bits per heavy atom. The number of ether oxygens (including phenoxy) is 1. The van der Waals surface area contributed by atoms with Gasteiger partial charge in [-0.15, -0.1) is 0 Å². The second-order valence-electron chi connectivity index (χ2n) is 4.97. The summed E-state index contributed by atoms with van der Waals surface area (Å²) in [5, 5.41) is 9.11. The number of aliphatic carboxylic acids is 1. The predicted octanol–water partition coefficient (Wildman–Crippen LogP) is 2.66. The molecule has 0 spiro atoms. The summed E-state index contributed by atoms with van der Waals surface area (Å²) in [7, 11) is 1.46. The first-order chi connectivity index (χ1) is 7.91. The van der Waals surface area contributed by atoms with Crippen molar-refractivity contribution < 1.29 is 19.0 Å². The van der Waals surface area contributed by atoms with Crippen molar-refractivity contribution in [1.29, 1.82) is 0 Å². The predicted molar refractivity (Wildman–Crippen MR) is 60.6 cm³/mol. The van der Waals surface area contributed by atoms with Gasteiger partial charge < -0.3 is 9.84 Å². The molecule has 0 aliphatic heterocycles. The third-order valence-electron chi connectivity index (χ3n) is 3.64. The molecule has 1 fully saturated rings. The average Bonchev–Trinajstić information content (AvgIpc) is 2.80. The van der Waals surface area contributed by atoms with E-state index in [2.05, 4.69) is 0 Å². The van der Waals surface area contributed by atoms with E-state index in [0.717, 1.165) is 0 Å². The summed E-state index contributed by atoms with van der Waals surface area (Å²) in [5.74, 6) is -1.73. The maximum atomic E-state index is 13.8. The summed E-state index contributed by atoms with van der Waals surface area (Å²) in [4.78, 5) is 11.1. The standard InChI is InChI=1S/C13H15FO3/c1-13(2)10(11(13)12(15)16)9-7(14)5-4-6-8(9)17-3/h4-6,10-11H,1-3H3,(H,15,16)/t10-,11+/m1/s1. The van der Waals surface area contributed by atoms with Gasteiger partial charge in [-0.3, -0.25) is 4.79 Å². The normalized spacial score (nSPS) is 25.4. The Morgan fingerprint density at radius 1 is 1.47 bits per heavy atom. The number of benzene rings is 1. The van der Waals surface area contributed by atoms with Crippen molar-refractivity contribution in [1.82, 2.24) is 0 Å². The third-order valence-corrected chi connectivity index (χ3v) is 3.64. The number of hydrogen-bond acceptors (Lipinski definition) is 2. The van der Waals surface area contributed by atoms with Crippen LogP contribution in [0.1, 0.15) is 25.3 Å². The maximum Gasteiger partial charge on any atom is 0.307 e. The van der Waals surface area contributed by atoms with Crippen LogP contribution in [0.2, 0.25) is 0 Å². The van der Waals surface area contributed by atoms with Gasteiger partial charge in [-0.25, -0.2) is 4.39 Å². The summed E-state index contributed by atoms with van der Waals surface area (Å²) in [6.07, 6.45) is 0. The number of methoxy groups -OCH3 is 1. The van der Waals surface area contributed by atoms with Gasteiger partial charge in [-0.05, 0) is 17.5 Å². The van der Waals surface area contributed by atoms with Crippen LogP contribution in [-0.2, 0) is 4.79 Å². The molecule has 1 aliphatic rings. The Kier molecular flexibility index (Phi) is 2.60. The van der Waals surface area contributed by atoms with Crippen molar-refractivity contribution in [2.75, 3.05) is 7.11 Å². The molecular formula is C13H15FO3. The fourth-order valence-corrected chi connectivity index (χ4v) is 2.63. The van der Waals surface area contributed by atoms with Crippen molar-refractivity contribution >= 4 is 5.97 Å². The van der Waals surface area contributed by atoms with E-state index < -0.39 is 23.1 Å². The van der Waals surface area contributed by atoms with Crippen LogP contribution < -0.4 is 4.74 Å². The molecule has 2 atom stereocenters. The van der Waals surface area contributed by atoms with Gasteiger partial charge in [-0.2, -0.15) is 0 Å². The van der Waals surface area contributed by atoms with Crippen molar-refractivity contribution in [3.05, 3.63) is 29.6 Å². The SMILES string of the molecule is COc1cccc(F)c1[C@@H]1[C@@H](C(=O)O)C1(C)C. The van der Waals surface area contributed by atoms with Crippen molar-refractivity contribution in [3.63, 3.8) is 0 Å². The molecule has 1 saturated carbocycles. The molecule has 1 N–H and O–H groups in total. The van der Waals surface area contributed by atoms with Crippen LogP contribution in [0.5, 0.6) is 5.75 Å². The summed E-state index contributed by atoms with van der Waals surface area (Å²) in [5.41, 5.74) is -0.0474. The van der Waals surface area contributed by atoms with Crippen molar-refractivity contribution in [2.45, 2.75) is 19.8 Å². The highest BCUT2D eigenvalue weighted by Gasteiger charge is 2.64. The molecule has 0 unspecified atom stereocenters. The minimum absolute atomic E-state index is 0.323. The number of halogens is 1. The highest BCUT2D eigenvalue weighted by molar-refractivity contribution is 5.78. The van der Waals surface area contributed by atoms with E-state index in [1.807, 2.05) is 13.8 Å². The zero-order valence-corrected chi connectivity index (χ0v) is 10.0. The van der Waals surface area contributed by atoms with E-state index >= 15 is 0 Å². The van der Waals surface area contributed by atoms with Crippen LogP contribution in [0.25, 0.3) is 0 Å². The highest BCUT2D eigenvalue weighted by atomic mass is 19.1. The van der Waals surface area contributed by atoms with Gasteiger partial charge in [0.2, 0.25) is 0 Å². The maximum absolute atomic E-state index is 13.8. The number of carboxylic acids is 1. The lowest BCUT2D eigenvalue weighted by atomic mass is 10.0. The third kappa shape index (κ3) is 1.68. The van der Waals surface area contributed by atoms with E-state index in [1.165, 1.54) is 13.2 Å². The summed E-state index contributed by atoms with van der Waals surface area (Å²) in [6.45, 7) is 3.67. The lowest BCUT2D eigenvalue weighted by Gasteiger charge is -2.10. The smallest absolute Gasteiger partial charge is 0.307 e. The molecule has 17 heavy (non-hydrogen) atoms. The Morgan fingerprint density at radius 3 is 2.59 bits per heavy atom. The molecule has 4 heteroatoms. The molecule has 0 amide bonds. The van der Waals surface area contributed by atoms with Crippen molar-refractivity contribution in [2.24, 2.45) is 11.3 Å². The van der Waals surface area contributed by atoms with Gasteiger partial charge in [0.25, 0.3) is 0 Å². The van der Waals surface area contributed by atoms with Crippen LogP contribution in [0.4, 0.5) is 4.39 Å². The first-order valence-corrected chi connectivity index (χ1v) is 5.46. The fourth-order valence-electron chi connectivity index (χ4n) is 2.63. The second-order valence-corrected chi connectivity index (χ2v) is 4.97. The molecule has 0 saturated heterocycles. The monoisotopic (exact) mass is 238 g/mol. The number of hydrogen-bond donors (Lipinski definition) is 1.